The number of aryl methyl sites for hydroxylation is 1. The van der Waals surface area contributed by atoms with E-state index in [9.17, 15) is 8.42 Å². The molecule has 0 bridgehead atoms. The van der Waals surface area contributed by atoms with Gasteiger partial charge in [-0.1, -0.05) is 40.9 Å². The van der Waals surface area contributed by atoms with Gasteiger partial charge in [-0.05, 0) is 31.2 Å². The lowest BCUT2D eigenvalue weighted by atomic mass is 10.2. The molecule has 1 aliphatic rings. The number of furan rings is 1. The van der Waals surface area contributed by atoms with Crippen molar-refractivity contribution in [3.05, 3.63) is 64.2 Å². The maximum absolute atomic E-state index is 12.9. The van der Waals surface area contributed by atoms with Crippen LogP contribution in [0, 0.1) is 6.92 Å². The van der Waals surface area contributed by atoms with Crippen LogP contribution in [0.2, 0.25) is 0 Å². The largest absolute Gasteiger partial charge is 0.467 e. The molecule has 3 rings (SSSR count). The third-order valence-electron chi connectivity index (χ3n) is 3.52. The van der Waals surface area contributed by atoms with Gasteiger partial charge in [0.2, 0.25) is 0 Å². The van der Waals surface area contributed by atoms with Gasteiger partial charge in [0.25, 0.3) is 10.0 Å². The molecular formula is C15H13Cl2NO3S. The third-order valence-corrected chi connectivity index (χ3v) is 6.29. The average molecular weight is 358 g/mol. The van der Waals surface area contributed by atoms with Gasteiger partial charge in [0.05, 0.1) is 16.2 Å². The molecule has 22 heavy (non-hydrogen) atoms. The Kier molecular flexibility index (Phi) is 3.97. The van der Waals surface area contributed by atoms with Crippen LogP contribution in [0.25, 0.3) is 0 Å². The van der Waals surface area contributed by atoms with Crippen LogP contribution in [0.5, 0.6) is 0 Å². The monoisotopic (exact) mass is 357 g/mol. The maximum Gasteiger partial charge on any atom is 0.265 e. The normalized spacial score (nSPS) is 19.0. The predicted octanol–water partition coefficient (Wildman–Crippen LogP) is 4.37. The van der Waals surface area contributed by atoms with Crippen molar-refractivity contribution in [1.29, 1.82) is 0 Å². The Labute approximate surface area is 139 Å². The average Bonchev–Trinajstić information content (AvgIpc) is 3.09. The molecule has 1 aromatic carbocycles. The summed E-state index contributed by atoms with van der Waals surface area (Å²) in [6.07, 6.45) is 1.78. The van der Waals surface area contributed by atoms with Crippen LogP contribution >= 0.6 is 23.2 Å². The summed E-state index contributed by atoms with van der Waals surface area (Å²) >= 11 is 12.2. The fourth-order valence-electron chi connectivity index (χ4n) is 2.39. The first-order chi connectivity index (χ1) is 10.4. The Morgan fingerprint density at radius 2 is 1.86 bits per heavy atom. The lowest BCUT2D eigenvalue weighted by Crippen LogP contribution is -2.29. The van der Waals surface area contributed by atoms with Crippen molar-refractivity contribution in [1.82, 2.24) is 4.31 Å². The minimum absolute atomic E-state index is 0.0173. The van der Waals surface area contributed by atoms with E-state index in [0.29, 0.717) is 17.2 Å². The van der Waals surface area contributed by atoms with Gasteiger partial charge in [-0.25, -0.2) is 12.7 Å². The van der Waals surface area contributed by atoms with Crippen LogP contribution in [0.15, 0.2) is 62.2 Å². The van der Waals surface area contributed by atoms with Crippen LogP contribution in [-0.4, -0.2) is 12.7 Å². The Hall–Kier alpha value is -1.43. The van der Waals surface area contributed by atoms with E-state index in [0.717, 1.165) is 9.87 Å². The fraction of sp³-hybridized carbons (Fsp3) is 0.200. The van der Waals surface area contributed by atoms with Crippen molar-refractivity contribution >= 4 is 33.2 Å². The van der Waals surface area contributed by atoms with E-state index < -0.39 is 16.1 Å². The number of rotatable bonds is 3. The van der Waals surface area contributed by atoms with Crippen LogP contribution in [0.3, 0.4) is 0 Å². The molecule has 0 saturated carbocycles. The van der Waals surface area contributed by atoms with Gasteiger partial charge in [-0.2, -0.15) is 0 Å². The van der Waals surface area contributed by atoms with Crippen molar-refractivity contribution in [3.63, 3.8) is 0 Å². The zero-order valence-electron chi connectivity index (χ0n) is 11.7. The molecule has 0 fully saturated rings. The summed E-state index contributed by atoms with van der Waals surface area (Å²) in [7, 11) is -3.81. The van der Waals surface area contributed by atoms with E-state index in [1.54, 1.807) is 36.4 Å². The Morgan fingerprint density at radius 1 is 1.18 bits per heavy atom. The van der Waals surface area contributed by atoms with Crippen LogP contribution in [0.4, 0.5) is 0 Å². The second kappa shape index (κ2) is 5.65. The first kappa shape index (κ1) is 15.5. The fourth-order valence-corrected chi connectivity index (χ4v) is 4.68. The minimum atomic E-state index is -3.81. The van der Waals surface area contributed by atoms with E-state index in [2.05, 4.69) is 0 Å². The Balaban J connectivity index is 2.08. The second-order valence-corrected chi connectivity index (χ2v) is 7.67. The molecule has 1 unspecified atom stereocenters. The van der Waals surface area contributed by atoms with Crippen molar-refractivity contribution in [2.24, 2.45) is 0 Å². The van der Waals surface area contributed by atoms with Crippen molar-refractivity contribution < 1.29 is 12.8 Å². The summed E-state index contributed by atoms with van der Waals surface area (Å²) in [5.74, 6) is 0.504. The first-order valence-corrected chi connectivity index (χ1v) is 8.79. The molecule has 0 saturated heterocycles. The van der Waals surface area contributed by atoms with E-state index in [-0.39, 0.29) is 10.1 Å². The summed E-state index contributed by atoms with van der Waals surface area (Å²) < 4.78 is 32.3. The summed E-state index contributed by atoms with van der Waals surface area (Å²) in [5, 5.41) is 0.322. The highest BCUT2D eigenvalue weighted by Gasteiger charge is 2.41. The SMILES string of the molecule is Cc1ccc(S(=O)(=O)N2C(Cl)=C(Cl)CC2c2ccco2)cc1. The summed E-state index contributed by atoms with van der Waals surface area (Å²) in [6.45, 7) is 1.89. The molecule has 1 aromatic heterocycles. The molecule has 2 aromatic rings. The van der Waals surface area contributed by atoms with Crippen molar-refractivity contribution in [2.45, 2.75) is 24.3 Å². The summed E-state index contributed by atoms with van der Waals surface area (Å²) in [6, 6.07) is 9.43. The molecule has 0 amide bonds. The quantitative estimate of drug-likeness (QED) is 0.766. The standard InChI is InChI=1S/C15H13Cl2NO3S/c1-10-4-6-11(7-5-10)22(19,20)18-13(9-12(16)15(18)17)14-3-2-8-21-14/h2-8,13H,9H2,1H3. The molecule has 1 atom stereocenters. The number of halogens is 2. The van der Waals surface area contributed by atoms with E-state index >= 15 is 0 Å². The zero-order chi connectivity index (χ0) is 15.9. The molecule has 7 heteroatoms. The molecule has 2 heterocycles. The number of benzene rings is 1. The van der Waals surface area contributed by atoms with Crippen LogP contribution < -0.4 is 0 Å². The van der Waals surface area contributed by atoms with Gasteiger partial charge >= 0.3 is 0 Å². The van der Waals surface area contributed by atoms with Crippen molar-refractivity contribution in [3.8, 4) is 0 Å². The molecule has 116 valence electrons. The lowest BCUT2D eigenvalue weighted by Gasteiger charge is -2.25. The van der Waals surface area contributed by atoms with Gasteiger partial charge in [-0.15, -0.1) is 0 Å². The number of sulfonamides is 1. The van der Waals surface area contributed by atoms with E-state index in [1.165, 1.54) is 6.26 Å². The minimum Gasteiger partial charge on any atom is -0.467 e. The summed E-state index contributed by atoms with van der Waals surface area (Å²) in [5.41, 5.74) is 0.975. The Bertz CT molecular complexity index is 811. The highest BCUT2D eigenvalue weighted by molar-refractivity contribution is 7.89. The second-order valence-electron chi connectivity index (χ2n) is 5.04. The topological polar surface area (TPSA) is 50.5 Å². The van der Waals surface area contributed by atoms with Gasteiger partial charge in [0.1, 0.15) is 17.0 Å². The number of hydrogen-bond acceptors (Lipinski definition) is 3. The predicted molar refractivity (Wildman–Crippen MR) is 85.0 cm³/mol. The Morgan fingerprint density at radius 3 is 2.45 bits per heavy atom. The maximum atomic E-state index is 12.9. The molecule has 0 aliphatic carbocycles. The van der Waals surface area contributed by atoms with E-state index in [1.807, 2.05) is 6.92 Å². The molecule has 0 spiro atoms. The highest BCUT2D eigenvalue weighted by atomic mass is 35.5. The van der Waals surface area contributed by atoms with Crippen LogP contribution in [-0.2, 0) is 10.0 Å². The van der Waals surface area contributed by atoms with Gasteiger partial charge in [0.15, 0.2) is 0 Å². The molecule has 4 nitrogen and oxygen atoms in total. The van der Waals surface area contributed by atoms with Gasteiger partial charge in [0, 0.05) is 6.42 Å². The zero-order valence-corrected chi connectivity index (χ0v) is 14.0. The van der Waals surface area contributed by atoms with Crippen molar-refractivity contribution in [2.75, 3.05) is 0 Å². The van der Waals surface area contributed by atoms with Gasteiger partial charge < -0.3 is 4.42 Å². The first-order valence-electron chi connectivity index (χ1n) is 6.60. The molecule has 1 aliphatic heterocycles. The third kappa shape index (κ3) is 2.53. The molecular weight excluding hydrogens is 345 g/mol. The smallest absolute Gasteiger partial charge is 0.265 e. The highest BCUT2D eigenvalue weighted by Crippen LogP contribution is 2.45. The van der Waals surface area contributed by atoms with Crippen LogP contribution in [0.1, 0.15) is 23.8 Å². The summed E-state index contributed by atoms with van der Waals surface area (Å²) in [4.78, 5) is 0.166. The van der Waals surface area contributed by atoms with Gasteiger partial charge in [-0.3, -0.25) is 0 Å². The number of nitrogens with zero attached hydrogens (tertiary/aromatic N) is 1. The molecule has 0 radical (unpaired) electrons. The lowest BCUT2D eigenvalue weighted by molar-refractivity contribution is 0.358. The number of hydrogen-bond donors (Lipinski definition) is 0. The van der Waals surface area contributed by atoms with E-state index in [4.69, 9.17) is 27.6 Å². The molecule has 0 N–H and O–H groups in total.